The lowest BCUT2D eigenvalue weighted by Crippen LogP contribution is -2.46. The van der Waals surface area contributed by atoms with Crippen LogP contribution in [0.15, 0.2) is 48.5 Å². The van der Waals surface area contributed by atoms with Gasteiger partial charge in [0, 0.05) is 22.7 Å². The van der Waals surface area contributed by atoms with E-state index in [4.69, 9.17) is 11.6 Å². The van der Waals surface area contributed by atoms with E-state index in [9.17, 15) is 9.59 Å². The lowest BCUT2D eigenvalue weighted by atomic mass is 10.00. The first-order chi connectivity index (χ1) is 12.5. The Hall–Kier alpha value is -2.37. The molecule has 2 aromatic rings. The monoisotopic (exact) mass is 371 g/mol. The minimum atomic E-state index is -0.280. The van der Waals surface area contributed by atoms with Crippen molar-refractivity contribution in [1.82, 2.24) is 10.6 Å². The number of carbonyl (C=O) groups excluding carboxylic acids is 2. The van der Waals surface area contributed by atoms with E-state index in [-0.39, 0.29) is 17.9 Å². The summed E-state index contributed by atoms with van der Waals surface area (Å²) in [6.07, 6.45) is 1.79. The summed E-state index contributed by atoms with van der Waals surface area (Å²) in [6, 6.07) is 14.2. The molecule has 2 amide bonds. The van der Waals surface area contributed by atoms with Crippen LogP contribution in [-0.4, -0.2) is 30.4 Å². The highest BCUT2D eigenvalue weighted by molar-refractivity contribution is 6.30. The van der Waals surface area contributed by atoms with E-state index in [0.717, 1.165) is 19.4 Å². The maximum atomic E-state index is 12.7. The number of piperidine rings is 1. The lowest BCUT2D eigenvalue weighted by Gasteiger charge is -2.28. The number of nitrogens with one attached hydrogen (secondary N) is 3. The van der Waals surface area contributed by atoms with Crippen molar-refractivity contribution in [3.63, 3.8) is 0 Å². The van der Waals surface area contributed by atoms with E-state index >= 15 is 0 Å². The van der Waals surface area contributed by atoms with E-state index in [2.05, 4.69) is 22.9 Å². The van der Waals surface area contributed by atoms with Crippen LogP contribution in [0.2, 0.25) is 5.02 Å². The zero-order valence-corrected chi connectivity index (χ0v) is 15.3. The second-order valence-electron chi connectivity index (χ2n) is 6.56. The van der Waals surface area contributed by atoms with Crippen LogP contribution in [0.4, 0.5) is 5.69 Å². The lowest BCUT2D eigenvalue weighted by molar-refractivity contribution is 0.0926. The van der Waals surface area contributed by atoms with Crippen LogP contribution in [0.25, 0.3) is 0 Å². The third-order valence-corrected chi connectivity index (χ3v) is 4.74. The number of rotatable bonds is 4. The Morgan fingerprint density at radius 3 is 2.54 bits per heavy atom. The largest absolute Gasteiger partial charge is 0.349 e. The van der Waals surface area contributed by atoms with E-state index in [0.29, 0.717) is 27.9 Å². The van der Waals surface area contributed by atoms with E-state index in [1.165, 1.54) is 0 Å². The van der Waals surface area contributed by atoms with Gasteiger partial charge >= 0.3 is 0 Å². The Morgan fingerprint density at radius 1 is 1.08 bits per heavy atom. The van der Waals surface area contributed by atoms with Crippen molar-refractivity contribution in [2.24, 2.45) is 0 Å². The summed E-state index contributed by atoms with van der Waals surface area (Å²) in [6.45, 7) is 3.00. The minimum Gasteiger partial charge on any atom is -0.349 e. The fraction of sp³-hybridized carbons (Fsp3) is 0.300. The first kappa shape index (κ1) is 18.4. The maximum Gasteiger partial charge on any atom is 0.255 e. The van der Waals surface area contributed by atoms with Gasteiger partial charge in [0.25, 0.3) is 11.8 Å². The van der Waals surface area contributed by atoms with Crippen molar-refractivity contribution in [2.45, 2.75) is 31.8 Å². The van der Waals surface area contributed by atoms with Crippen LogP contribution >= 0.6 is 11.6 Å². The predicted molar refractivity (Wildman–Crippen MR) is 104 cm³/mol. The van der Waals surface area contributed by atoms with Crippen molar-refractivity contribution in [2.75, 3.05) is 11.9 Å². The summed E-state index contributed by atoms with van der Waals surface area (Å²) < 4.78 is 0. The van der Waals surface area contributed by atoms with Crippen LogP contribution in [0.3, 0.4) is 0 Å². The predicted octanol–water partition coefficient (Wildman–Crippen LogP) is 3.46. The van der Waals surface area contributed by atoms with Crippen molar-refractivity contribution in [3.8, 4) is 0 Å². The fourth-order valence-electron chi connectivity index (χ4n) is 3.11. The summed E-state index contributed by atoms with van der Waals surface area (Å²) in [5.41, 5.74) is 1.43. The van der Waals surface area contributed by atoms with Gasteiger partial charge in [-0.05, 0) is 62.7 Å². The second-order valence-corrected chi connectivity index (χ2v) is 6.99. The molecule has 1 fully saturated rings. The van der Waals surface area contributed by atoms with Crippen LogP contribution in [0.5, 0.6) is 0 Å². The Labute approximate surface area is 158 Å². The molecule has 136 valence electrons. The molecule has 0 radical (unpaired) electrons. The molecule has 2 unspecified atom stereocenters. The number of anilines is 1. The number of benzene rings is 2. The molecule has 2 atom stereocenters. The average molecular weight is 372 g/mol. The number of para-hydroxylation sites is 1. The minimum absolute atomic E-state index is 0.138. The summed E-state index contributed by atoms with van der Waals surface area (Å²) >= 11 is 5.86. The van der Waals surface area contributed by atoms with Gasteiger partial charge in [-0.1, -0.05) is 23.7 Å². The van der Waals surface area contributed by atoms with Gasteiger partial charge in [-0.15, -0.1) is 0 Å². The summed E-state index contributed by atoms with van der Waals surface area (Å²) in [5, 5.41) is 9.83. The molecule has 6 heteroatoms. The number of halogens is 1. The van der Waals surface area contributed by atoms with Crippen molar-refractivity contribution < 1.29 is 9.59 Å². The molecule has 1 saturated heterocycles. The van der Waals surface area contributed by atoms with Crippen LogP contribution in [-0.2, 0) is 0 Å². The Bertz CT molecular complexity index is 792. The molecule has 0 saturated carbocycles. The fourth-order valence-corrected chi connectivity index (χ4v) is 3.24. The van der Waals surface area contributed by atoms with Crippen molar-refractivity contribution >= 4 is 29.1 Å². The highest BCUT2D eigenvalue weighted by Gasteiger charge is 2.22. The summed E-state index contributed by atoms with van der Waals surface area (Å²) in [5.74, 6) is -0.450. The zero-order valence-electron chi connectivity index (χ0n) is 14.6. The van der Waals surface area contributed by atoms with Gasteiger partial charge in [0.2, 0.25) is 0 Å². The molecule has 3 rings (SSSR count). The quantitative estimate of drug-likeness (QED) is 0.770. The Balaban J connectivity index is 1.72. The summed E-state index contributed by atoms with van der Waals surface area (Å²) in [4.78, 5) is 25.1. The van der Waals surface area contributed by atoms with Gasteiger partial charge in [0.05, 0.1) is 11.3 Å². The first-order valence-electron chi connectivity index (χ1n) is 8.73. The van der Waals surface area contributed by atoms with E-state index < -0.39 is 0 Å². The van der Waals surface area contributed by atoms with Gasteiger partial charge in [-0.3, -0.25) is 9.59 Å². The first-order valence-corrected chi connectivity index (χ1v) is 9.11. The topological polar surface area (TPSA) is 70.2 Å². The average Bonchev–Trinajstić information content (AvgIpc) is 2.62. The molecule has 0 spiro atoms. The number of amides is 2. The molecule has 3 N–H and O–H groups in total. The highest BCUT2D eigenvalue weighted by atomic mass is 35.5. The van der Waals surface area contributed by atoms with Crippen LogP contribution < -0.4 is 16.0 Å². The maximum absolute atomic E-state index is 12.7. The van der Waals surface area contributed by atoms with E-state index in [1.54, 1.807) is 48.5 Å². The molecule has 0 bridgehead atoms. The van der Waals surface area contributed by atoms with Gasteiger partial charge in [-0.25, -0.2) is 0 Å². The second kappa shape index (κ2) is 8.34. The molecule has 26 heavy (non-hydrogen) atoms. The molecule has 1 heterocycles. The standard InChI is InChI=1S/C20H22ClN3O2/c1-13-12-16(10-11-22-13)23-20(26)17-4-2-3-5-18(17)24-19(25)14-6-8-15(21)9-7-14/h2-9,13,16,22H,10-12H2,1H3,(H,23,26)(H,24,25). The molecular weight excluding hydrogens is 350 g/mol. The van der Waals surface area contributed by atoms with Crippen LogP contribution in [0.1, 0.15) is 40.5 Å². The third-order valence-electron chi connectivity index (χ3n) is 4.49. The number of hydrogen-bond donors (Lipinski definition) is 3. The van der Waals surface area contributed by atoms with Crippen LogP contribution in [0, 0.1) is 0 Å². The van der Waals surface area contributed by atoms with Gasteiger partial charge < -0.3 is 16.0 Å². The summed E-state index contributed by atoms with van der Waals surface area (Å²) in [7, 11) is 0. The molecule has 1 aliphatic rings. The van der Waals surface area contributed by atoms with Crippen molar-refractivity contribution in [3.05, 3.63) is 64.7 Å². The molecule has 0 aromatic heterocycles. The molecule has 5 nitrogen and oxygen atoms in total. The Morgan fingerprint density at radius 2 is 1.81 bits per heavy atom. The highest BCUT2D eigenvalue weighted by Crippen LogP contribution is 2.18. The molecule has 0 aliphatic carbocycles. The van der Waals surface area contributed by atoms with E-state index in [1.807, 2.05) is 0 Å². The third kappa shape index (κ3) is 4.62. The smallest absolute Gasteiger partial charge is 0.255 e. The molecular formula is C20H22ClN3O2. The van der Waals surface area contributed by atoms with Crippen molar-refractivity contribution in [1.29, 1.82) is 0 Å². The molecule has 1 aliphatic heterocycles. The van der Waals surface area contributed by atoms with Gasteiger partial charge in [0.1, 0.15) is 0 Å². The normalized spacial score (nSPS) is 19.6. The Kier molecular flexibility index (Phi) is 5.91. The SMILES string of the molecule is CC1CC(NC(=O)c2ccccc2NC(=O)c2ccc(Cl)cc2)CCN1. The van der Waals surface area contributed by atoms with Gasteiger partial charge in [0.15, 0.2) is 0 Å². The number of carbonyl (C=O) groups is 2. The number of hydrogen-bond acceptors (Lipinski definition) is 3. The van der Waals surface area contributed by atoms with Gasteiger partial charge in [-0.2, -0.15) is 0 Å². The molecule has 2 aromatic carbocycles. The zero-order chi connectivity index (χ0) is 18.5.